The Labute approximate surface area is 432 Å². The Morgan fingerprint density at radius 1 is 0.301 bits per heavy atom. The van der Waals surface area contributed by atoms with Gasteiger partial charge in [0.05, 0.1) is 27.8 Å². The summed E-state index contributed by atoms with van der Waals surface area (Å²) in [4.78, 5) is 0. The number of fused-ring (bicyclic) bond motifs is 12. The van der Waals surface area contributed by atoms with Crippen LogP contribution in [0, 0.1) is 0 Å². The van der Waals surface area contributed by atoms with E-state index in [0.29, 0.717) is 0 Å². The molecule has 0 unspecified atom stereocenters. The third-order valence-corrected chi connectivity index (χ3v) is 15.6. The molecular formula is C69H46BrN3. The highest BCUT2D eigenvalue weighted by atomic mass is 79.9. The van der Waals surface area contributed by atoms with E-state index in [4.69, 9.17) is 0 Å². The molecule has 0 radical (unpaired) electrons. The van der Waals surface area contributed by atoms with E-state index in [9.17, 15) is 0 Å². The van der Waals surface area contributed by atoms with Gasteiger partial charge in [-0.25, -0.2) is 0 Å². The van der Waals surface area contributed by atoms with Crippen molar-refractivity contribution in [2.24, 2.45) is 0 Å². The molecule has 344 valence electrons. The number of nitrogens with zero attached hydrogens (tertiary/aromatic N) is 2. The Bertz CT molecular complexity index is 4450. The number of para-hydroxylation sites is 5. The van der Waals surface area contributed by atoms with Gasteiger partial charge >= 0.3 is 0 Å². The quantitative estimate of drug-likeness (QED) is 0.176. The van der Waals surface area contributed by atoms with Gasteiger partial charge in [-0.3, -0.25) is 0 Å². The molecule has 1 aliphatic rings. The van der Waals surface area contributed by atoms with Crippen LogP contribution in [0.2, 0.25) is 0 Å². The van der Waals surface area contributed by atoms with Crippen molar-refractivity contribution in [3.63, 3.8) is 0 Å². The van der Waals surface area contributed by atoms with E-state index < -0.39 is 0 Å². The number of rotatable bonds is 6. The van der Waals surface area contributed by atoms with Crippen molar-refractivity contribution in [2.45, 2.75) is 6.42 Å². The molecule has 0 spiro atoms. The van der Waals surface area contributed by atoms with E-state index >= 15 is 0 Å². The van der Waals surface area contributed by atoms with Crippen LogP contribution in [0.15, 0.2) is 265 Å². The fraction of sp³-hybridized carbons (Fsp3) is 0.0145. The summed E-state index contributed by atoms with van der Waals surface area (Å²) in [5, 5.41) is 13.8. The minimum absolute atomic E-state index is 1.01. The van der Waals surface area contributed by atoms with Gasteiger partial charge in [0.1, 0.15) is 0 Å². The molecule has 1 N–H and O–H groups in total. The van der Waals surface area contributed by atoms with Crippen LogP contribution in [0.1, 0.15) is 11.1 Å². The fourth-order valence-electron chi connectivity index (χ4n) is 11.6. The monoisotopic (exact) mass is 995 g/mol. The molecule has 2 aromatic heterocycles. The van der Waals surface area contributed by atoms with Gasteiger partial charge in [0.25, 0.3) is 0 Å². The zero-order valence-electron chi connectivity index (χ0n) is 39.8. The van der Waals surface area contributed by atoms with Crippen LogP contribution in [-0.2, 0) is 6.42 Å². The lowest BCUT2D eigenvalue weighted by Crippen LogP contribution is -1.94. The average molecular weight is 997 g/mol. The highest BCUT2D eigenvalue weighted by Crippen LogP contribution is 2.46. The topological polar surface area (TPSA) is 21.9 Å². The molecule has 15 rings (SSSR count). The van der Waals surface area contributed by atoms with Gasteiger partial charge < -0.3 is 14.5 Å². The van der Waals surface area contributed by atoms with E-state index in [1.807, 2.05) is 12.1 Å². The summed E-state index contributed by atoms with van der Waals surface area (Å²) in [6, 6.07) is 94.0. The molecule has 0 bridgehead atoms. The fourth-order valence-corrected chi connectivity index (χ4v) is 12.0. The van der Waals surface area contributed by atoms with Crippen molar-refractivity contribution in [3.05, 3.63) is 276 Å². The second kappa shape index (κ2) is 17.7. The first-order valence-electron chi connectivity index (χ1n) is 25.0. The lowest BCUT2D eigenvalue weighted by molar-refractivity contribution is 1.18. The van der Waals surface area contributed by atoms with Crippen molar-refractivity contribution in [3.8, 4) is 44.8 Å². The lowest BCUT2D eigenvalue weighted by Gasteiger charge is -2.15. The van der Waals surface area contributed by atoms with Crippen LogP contribution in [0.3, 0.4) is 0 Å². The average Bonchev–Trinajstić information content (AvgIpc) is 4.13. The molecule has 0 saturated carbocycles. The zero-order chi connectivity index (χ0) is 48.4. The third-order valence-electron chi connectivity index (χ3n) is 14.9. The van der Waals surface area contributed by atoms with Gasteiger partial charge in [-0.05, 0) is 168 Å². The highest BCUT2D eigenvalue weighted by Gasteiger charge is 2.23. The Hall–Kier alpha value is -8.96. The Morgan fingerprint density at radius 3 is 1.41 bits per heavy atom. The molecule has 0 amide bonds. The Balaban J connectivity index is 0.000000135. The van der Waals surface area contributed by atoms with Crippen LogP contribution < -0.4 is 5.32 Å². The number of aromatic nitrogens is 2. The molecule has 0 saturated heterocycles. The molecule has 0 aliphatic heterocycles. The third kappa shape index (κ3) is 7.25. The molecule has 1 aliphatic carbocycles. The van der Waals surface area contributed by atoms with Crippen molar-refractivity contribution >= 4 is 92.5 Å². The summed E-state index contributed by atoms with van der Waals surface area (Å²) < 4.78 is 5.78. The molecule has 0 atom stereocenters. The normalized spacial score (nSPS) is 11.8. The van der Waals surface area contributed by atoms with E-state index in [0.717, 1.165) is 22.3 Å². The predicted molar refractivity (Wildman–Crippen MR) is 313 cm³/mol. The summed E-state index contributed by atoms with van der Waals surface area (Å²) in [6.45, 7) is 0. The molecule has 0 fully saturated rings. The number of hydrogen-bond acceptors (Lipinski definition) is 1. The van der Waals surface area contributed by atoms with E-state index in [2.05, 4.69) is 279 Å². The maximum absolute atomic E-state index is 3.67. The molecule has 73 heavy (non-hydrogen) atoms. The second-order valence-electron chi connectivity index (χ2n) is 19.0. The van der Waals surface area contributed by atoms with E-state index in [1.54, 1.807) is 0 Å². The summed E-state index contributed by atoms with van der Waals surface area (Å²) in [7, 11) is 0. The van der Waals surface area contributed by atoms with Crippen LogP contribution in [0.4, 0.5) is 11.4 Å². The van der Waals surface area contributed by atoms with Gasteiger partial charge in [0.2, 0.25) is 0 Å². The van der Waals surface area contributed by atoms with Crippen molar-refractivity contribution in [2.75, 3.05) is 5.32 Å². The largest absolute Gasteiger partial charge is 0.354 e. The van der Waals surface area contributed by atoms with Crippen molar-refractivity contribution < 1.29 is 0 Å². The number of benzene rings is 12. The first kappa shape index (κ1) is 42.9. The van der Waals surface area contributed by atoms with Gasteiger partial charge in [0, 0.05) is 48.5 Å². The minimum Gasteiger partial charge on any atom is -0.354 e. The van der Waals surface area contributed by atoms with Crippen molar-refractivity contribution in [1.29, 1.82) is 0 Å². The first-order chi connectivity index (χ1) is 36.1. The summed E-state index contributed by atoms with van der Waals surface area (Å²) in [6.07, 6.45) is 1.01. The minimum atomic E-state index is 1.01. The van der Waals surface area contributed by atoms with Crippen LogP contribution in [0.5, 0.6) is 0 Å². The second-order valence-corrected chi connectivity index (χ2v) is 19.8. The number of halogens is 1. The number of nitrogens with one attached hydrogen (secondary N) is 1. The van der Waals surface area contributed by atoms with Crippen LogP contribution in [-0.4, -0.2) is 9.13 Å². The smallest absolute Gasteiger partial charge is 0.0541 e. The maximum atomic E-state index is 3.67. The first-order valence-corrected chi connectivity index (χ1v) is 25.8. The van der Waals surface area contributed by atoms with Crippen LogP contribution >= 0.6 is 15.9 Å². The standard InChI is InChI=1S/C35H23N.C34H23BrN2/c1-2-11-25(12-3-1)36-34-17-9-8-16-29(34)33-21-24(18-19-35(33)36)30-22-32-26-13-5-4-10-23(26)20-31(32)28-15-7-6-14-27(28)30;35-30-15-7-8-16-32(30)36-31-20-19-25(26-12-4-5-13-27(26)31)23-18-21-34-29(22-23)28-14-6-9-17-33(28)37(34)24-10-2-1-3-11-24/h1-19,21-22H,20H2;1-22,36H. The molecule has 4 heteroatoms. The predicted octanol–water partition coefficient (Wildman–Crippen LogP) is 19.3. The Morgan fingerprint density at radius 2 is 0.781 bits per heavy atom. The van der Waals surface area contributed by atoms with Gasteiger partial charge in [-0.15, -0.1) is 0 Å². The number of hydrogen-bond donors (Lipinski definition) is 1. The zero-order valence-corrected chi connectivity index (χ0v) is 41.4. The van der Waals surface area contributed by atoms with E-state index in [-0.39, 0.29) is 0 Å². The van der Waals surface area contributed by atoms with Gasteiger partial charge in [0.15, 0.2) is 0 Å². The van der Waals surface area contributed by atoms with Crippen molar-refractivity contribution in [1.82, 2.24) is 9.13 Å². The molecule has 12 aromatic carbocycles. The molecule has 14 aromatic rings. The van der Waals surface area contributed by atoms with Crippen LogP contribution in [0.25, 0.3) is 110 Å². The molecule has 3 nitrogen and oxygen atoms in total. The summed E-state index contributed by atoms with van der Waals surface area (Å²) >= 11 is 3.67. The van der Waals surface area contributed by atoms with Gasteiger partial charge in [-0.2, -0.15) is 0 Å². The SMILES string of the molecule is Brc1ccccc1Nc1ccc(-c2ccc3c(c2)c2ccccc2n3-c2ccccc2)c2ccccc12.c1ccc(-n2c3ccccc3c3cc(-c4cc5c(c6ccccc46)Cc4ccccc4-5)ccc32)cc1. The Kier molecular flexibility index (Phi) is 10.4. The maximum Gasteiger partial charge on any atom is 0.0541 e. The van der Waals surface area contributed by atoms with E-state index in [1.165, 1.54) is 121 Å². The molecular weight excluding hydrogens is 951 g/mol. The molecule has 2 heterocycles. The van der Waals surface area contributed by atoms with Gasteiger partial charge in [-0.1, -0.05) is 176 Å². The summed E-state index contributed by atoms with van der Waals surface area (Å²) in [5.41, 5.74) is 20.1. The summed E-state index contributed by atoms with van der Waals surface area (Å²) in [5.74, 6) is 0. The lowest BCUT2D eigenvalue weighted by atomic mass is 9.91. The highest BCUT2D eigenvalue weighted by molar-refractivity contribution is 9.10. The number of anilines is 2.